The predicted octanol–water partition coefficient (Wildman–Crippen LogP) is 5.05. The molecule has 2 aromatic carbocycles. The molecule has 0 fully saturated rings. The van der Waals surface area contributed by atoms with E-state index in [4.69, 9.17) is 9.47 Å². The van der Waals surface area contributed by atoms with Gasteiger partial charge in [0.2, 0.25) is 10.0 Å². The number of amidine groups is 1. The van der Waals surface area contributed by atoms with Gasteiger partial charge in [0.15, 0.2) is 0 Å². The Morgan fingerprint density at radius 2 is 1.92 bits per heavy atom. The zero-order valence-corrected chi connectivity index (χ0v) is 23.0. The Kier molecular flexibility index (Phi) is 8.61. The molecule has 2 aromatic rings. The fourth-order valence-electron chi connectivity index (χ4n) is 4.46. The molecule has 2 atom stereocenters. The Morgan fingerprint density at radius 3 is 2.51 bits per heavy atom. The number of aliphatic imine (C=N–C) groups is 1. The van der Waals surface area contributed by atoms with Gasteiger partial charge in [-0.2, -0.15) is 17.5 Å². The van der Waals surface area contributed by atoms with E-state index in [1.54, 1.807) is 31.2 Å². The van der Waals surface area contributed by atoms with E-state index in [2.05, 4.69) is 16.9 Å². The molecular formula is C27H30F3N3O5S. The maximum absolute atomic E-state index is 14.1. The number of ether oxygens (including phenoxy) is 2. The monoisotopic (exact) mass is 565 g/mol. The van der Waals surface area contributed by atoms with Gasteiger partial charge in [0.25, 0.3) is 0 Å². The number of halogens is 3. The molecule has 0 saturated carbocycles. The molecule has 1 aliphatic carbocycles. The molecule has 3 rings (SSSR count). The van der Waals surface area contributed by atoms with Gasteiger partial charge in [-0.1, -0.05) is 30.8 Å². The van der Waals surface area contributed by atoms with Gasteiger partial charge < -0.3 is 14.8 Å². The third kappa shape index (κ3) is 6.34. The van der Waals surface area contributed by atoms with Crippen molar-refractivity contribution in [1.29, 1.82) is 0 Å². The Morgan fingerprint density at radius 1 is 1.26 bits per heavy atom. The molecule has 1 unspecified atom stereocenters. The van der Waals surface area contributed by atoms with E-state index in [0.717, 1.165) is 16.1 Å². The number of sulfonamides is 1. The van der Waals surface area contributed by atoms with Gasteiger partial charge in [-0.3, -0.25) is 4.79 Å². The summed E-state index contributed by atoms with van der Waals surface area (Å²) < 4.78 is 79.3. The van der Waals surface area contributed by atoms with E-state index in [-0.39, 0.29) is 12.3 Å². The van der Waals surface area contributed by atoms with Gasteiger partial charge in [-0.25, -0.2) is 13.4 Å². The lowest BCUT2D eigenvalue weighted by molar-refractivity contribution is -0.0979. The SMILES string of the molecule is C=C(OC1Cc2ccccc2[C@]1(C)N(C)S(C)(=O)=O)/C(=C\N=C(C)Nc1cc(C=O)ccc1OC)C(F)(F)F. The third-order valence-electron chi connectivity index (χ3n) is 6.70. The largest absolute Gasteiger partial charge is 0.495 e. The molecule has 39 heavy (non-hydrogen) atoms. The molecule has 1 aliphatic rings. The van der Waals surface area contributed by atoms with Crippen molar-refractivity contribution in [2.24, 2.45) is 4.99 Å². The summed E-state index contributed by atoms with van der Waals surface area (Å²) in [4.78, 5) is 15.0. The van der Waals surface area contributed by atoms with Gasteiger partial charge in [-0.05, 0) is 43.2 Å². The highest BCUT2D eigenvalue weighted by Crippen LogP contribution is 2.45. The number of anilines is 1. The van der Waals surface area contributed by atoms with Crippen LogP contribution in [0.5, 0.6) is 5.75 Å². The molecule has 8 nitrogen and oxygen atoms in total. The summed E-state index contributed by atoms with van der Waals surface area (Å²) in [6.45, 7) is 6.57. The van der Waals surface area contributed by atoms with Crippen LogP contribution in [0.15, 0.2) is 71.6 Å². The number of allylic oxidation sites excluding steroid dienone is 1. The Hall–Kier alpha value is -3.64. The molecule has 1 N–H and O–H groups in total. The number of carbonyl (C=O) groups excluding carboxylic acids is 1. The van der Waals surface area contributed by atoms with Crippen LogP contribution in [0.2, 0.25) is 0 Å². The standard InChI is InChI=1S/C27H30F3N3O5S/c1-17(38-25-14-20-9-7-8-10-21(20)26(25,3)33(4)39(6,35)36)22(27(28,29)30)15-31-18(2)32-23-13-19(16-34)11-12-24(23)37-5/h7-13,15-16,25H,1,14H2,2-6H3,(H,31,32)/b22-15+/t25?,26-/m0/s1. The van der Waals surface area contributed by atoms with Crippen molar-refractivity contribution < 1.29 is 35.9 Å². The second-order valence-corrected chi connectivity index (χ2v) is 11.2. The van der Waals surface area contributed by atoms with Crippen molar-refractivity contribution in [2.75, 3.05) is 25.7 Å². The van der Waals surface area contributed by atoms with Gasteiger partial charge in [0.1, 0.15) is 35.3 Å². The molecule has 0 aliphatic heterocycles. The Bertz CT molecular complexity index is 1440. The number of methoxy groups -OCH3 is 1. The van der Waals surface area contributed by atoms with E-state index in [1.165, 1.54) is 39.3 Å². The van der Waals surface area contributed by atoms with E-state index in [0.29, 0.717) is 35.0 Å². The van der Waals surface area contributed by atoms with Crippen LogP contribution in [0, 0.1) is 0 Å². The average molecular weight is 566 g/mol. The minimum Gasteiger partial charge on any atom is -0.495 e. The number of hydrogen-bond donors (Lipinski definition) is 1. The minimum absolute atomic E-state index is 0.0702. The van der Waals surface area contributed by atoms with Crippen LogP contribution in [0.25, 0.3) is 0 Å². The first-order valence-corrected chi connectivity index (χ1v) is 13.6. The maximum Gasteiger partial charge on any atom is 0.421 e. The van der Waals surface area contributed by atoms with Crippen LogP contribution < -0.4 is 10.1 Å². The molecule has 12 heteroatoms. The van der Waals surface area contributed by atoms with Crippen molar-refractivity contribution in [3.8, 4) is 5.75 Å². The summed E-state index contributed by atoms with van der Waals surface area (Å²) in [5.74, 6) is -0.274. The lowest BCUT2D eigenvalue weighted by atomic mass is 9.92. The van der Waals surface area contributed by atoms with Crippen molar-refractivity contribution in [2.45, 2.75) is 38.1 Å². The number of hydrogen-bond acceptors (Lipinski definition) is 6. The van der Waals surface area contributed by atoms with Crippen LogP contribution in [0.4, 0.5) is 18.9 Å². The number of alkyl halides is 3. The summed E-state index contributed by atoms with van der Waals surface area (Å²) in [5.41, 5.74) is -0.460. The topological polar surface area (TPSA) is 97.3 Å². The van der Waals surface area contributed by atoms with Crippen molar-refractivity contribution in [3.63, 3.8) is 0 Å². The van der Waals surface area contributed by atoms with Crippen LogP contribution in [-0.2, 0) is 26.7 Å². The lowest BCUT2D eigenvalue weighted by Gasteiger charge is -2.39. The van der Waals surface area contributed by atoms with Gasteiger partial charge in [0.05, 0.1) is 24.6 Å². The van der Waals surface area contributed by atoms with E-state index < -0.39 is 39.2 Å². The summed E-state index contributed by atoms with van der Waals surface area (Å²) in [7, 11) is -0.967. The number of aldehydes is 1. The van der Waals surface area contributed by atoms with E-state index >= 15 is 0 Å². The third-order valence-corrected chi connectivity index (χ3v) is 8.07. The highest BCUT2D eigenvalue weighted by molar-refractivity contribution is 7.88. The zero-order valence-electron chi connectivity index (χ0n) is 22.2. The molecule has 0 radical (unpaired) electrons. The second-order valence-electron chi connectivity index (χ2n) is 9.23. The van der Waals surface area contributed by atoms with Crippen LogP contribution >= 0.6 is 0 Å². The molecule has 0 spiro atoms. The first-order chi connectivity index (χ1) is 18.1. The smallest absolute Gasteiger partial charge is 0.421 e. The number of nitrogens with one attached hydrogen (secondary N) is 1. The normalized spacial score (nSPS) is 20.0. The summed E-state index contributed by atoms with van der Waals surface area (Å²) in [6.07, 6.45) is -3.47. The van der Waals surface area contributed by atoms with Crippen LogP contribution in [0.3, 0.4) is 0 Å². The number of fused-ring (bicyclic) bond motifs is 1. The van der Waals surface area contributed by atoms with E-state index in [1.807, 2.05) is 0 Å². The zero-order chi connectivity index (χ0) is 29.2. The first-order valence-electron chi connectivity index (χ1n) is 11.7. The highest BCUT2D eigenvalue weighted by Gasteiger charge is 2.51. The number of carbonyl (C=O) groups is 1. The fourth-order valence-corrected chi connectivity index (χ4v) is 5.37. The van der Waals surface area contributed by atoms with Crippen molar-refractivity contribution in [3.05, 3.63) is 83.3 Å². The number of benzene rings is 2. The van der Waals surface area contributed by atoms with Crippen LogP contribution in [0.1, 0.15) is 35.3 Å². The Balaban J connectivity index is 1.94. The van der Waals surface area contributed by atoms with Crippen LogP contribution in [-0.4, -0.2) is 57.5 Å². The summed E-state index contributed by atoms with van der Waals surface area (Å²) in [5, 5.41) is 2.82. The number of rotatable bonds is 9. The maximum atomic E-state index is 14.1. The fraction of sp³-hybridized carbons (Fsp3) is 0.333. The molecule has 0 aromatic heterocycles. The molecule has 0 bridgehead atoms. The second kappa shape index (κ2) is 11.2. The first kappa shape index (κ1) is 29.9. The van der Waals surface area contributed by atoms with Gasteiger partial charge >= 0.3 is 6.18 Å². The molecule has 0 heterocycles. The van der Waals surface area contributed by atoms with Gasteiger partial charge in [-0.15, -0.1) is 0 Å². The van der Waals surface area contributed by atoms with Gasteiger partial charge in [0, 0.05) is 25.2 Å². The van der Waals surface area contributed by atoms with E-state index in [9.17, 15) is 26.4 Å². The van der Waals surface area contributed by atoms with Crippen molar-refractivity contribution >= 4 is 27.8 Å². The number of nitrogens with zero attached hydrogens (tertiary/aromatic N) is 2. The quantitative estimate of drug-likeness (QED) is 0.150. The predicted molar refractivity (Wildman–Crippen MR) is 143 cm³/mol. The summed E-state index contributed by atoms with van der Waals surface area (Å²) >= 11 is 0. The number of likely N-dealkylation sites (N-methyl/N-ethyl adjacent to an activating group) is 1. The highest BCUT2D eigenvalue weighted by atomic mass is 32.2. The average Bonchev–Trinajstić information content (AvgIpc) is 3.14. The molecule has 210 valence electrons. The Labute approximate surface area is 225 Å². The lowest BCUT2D eigenvalue weighted by Crippen LogP contribution is -2.51. The molecule has 0 saturated heterocycles. The molecule has 0 amide bonds. The summed E-state index contributed by atoms with van der Waals surface area (Å²) in [6, 6.07) is 11.6. The molecular weight excluding hydrogens is 535 g/mol. The minimum atomic E-state index is -4.87. The van der Waals surface area contributed by atoms with Crippen molar-refractivity contribution in [1.82, 2.24) is 4.31 Å².